The topological polar surface area (TPSA) is 166 Å². The van der Waals surface area contributed by atoms with Gasteiger partial charge in [-0.3, -0.25) is 4.79 Å². The van der Waals surface area contributed by atoms with Gasteiger partial charge in [0.15, 0.2) is 0 Å². The number of anilines is 1. The van der Waals surface area contributed by atoms with E-state index >= 15 is 0 Å². The molecule has 0 unspecified atom stereocenters. The molecule has 0 fully saturated rings. The average molecular weight is 555 g/mol. The molecular formula is C28H22N6O5S. The van der Waals surface area contributed by atoms with Crippen LogP contribution in [0.1, 0.15) is 37.8 Å². The number of hydrogen-bond acceptors (Lipinski definition) is 7. The standard InChI is InChI=1S/C28H22N6O5S/c1-15-3-8-20(9-4-15)40(38,39)34-24-12-18(28(36)37)6-5-17(24)11-25(34)26(35)21-14-30-33(27(21)29)19-7-10-22-23(13-19)32-16(2)31-22/h3-14H,29H2,1-2H3,(H,31,32)(H,36,37). The quantitative estimate of drug-likeness (QED) is 0.259. The molecule has 0 aliphatic rings. The number of carboxylic acid groups (broad SMARTS) is 1. The molecule has 0 bridgehead atoms. The summed E-state index contributed by atoms with van der Waals surface area (Å²) in [5.41, 5.74) is 9.02. The predicted octanol–water partition coefficient (Wildman–Crippen LogP) is 4.07. The maximum absolute atomic E-state index is 13.9. The number of carboxylic acids is 1. The molecule has 0 atom stereocenters. The van der Waals surface area contributed by atoms with Crippen molar-refractivity contribution in [3.8, 4) is 5.69 Å². The van der Waals surface area contributed by atoms with E-state index in [4.69, 9.17) is 5.73 Å². The normalized spacial score (nSPS) is 11.8. The van der Waals surface area contributed by atoms with Crippen molar-refractivity contribution in [1.29, 1.82) is 0 Å². The number of imidazole rings is 1. The molecule has 11 nitrogen and oxygen atoms in total. The highest BCUT2D eigenvalue weighted by molar-refractivity contribution is 7.90. The van der Waals surface area contributed by atoms with E-state index in [0.29, 0.717) is 16.6 Å². The van der Waals surface area contributed by atoms with Crippen LogP contribution >= 0.6 is 0 Å². The van der Waals surface area contributed by atoms with Gasteiger partial charge in [0, 0.05) is 5.39 Å². The molecule has 200 valence electrons. The number of benzene rings is 3. The SMILES string of the molecule is Cc1ccc(S(=O)(=O)n2c(C(=O)c3cnn(-c4ccc5[nH]c(C)nc5c4)c3N)cc3ccc(C(=O)O)cc32)cc1. The molecule has 0 spiro atoms. The number of nitrogen functional groups attached to an aromatic ring is 1. The molecule has 3 heterocycles. The van der Waals surface area contributed by atoms with Crippen LogP contribution < -0.4 is 5.73 Å². The van der Waals surface area contributed by atoms with E-state index < -0.39 is 21.8 Å². The van der Waals surface area contributed by atoms with Crippen molar-refractivity contribution in [3.63, 3.8) is 0 Å². The Hall–Kier alpha value is -5.23. The van der Waals surface area contributed by atoms with Gasteiger partial charge >= 0.3 is 5.97 Å². The number of aromatic carboxylic acids is 1. The summed E-state index contributed by atoms with van der Waals surface area (Å²) in [7, 11) is -4.32. The van der Waals surface area contributed by atoms with Gasteiger partial charge in [-0.15, -0.1) is 0 Å². The smallest absolute Gasteiger partial charge is 0.335 e. The first-order valence-electron chi connectivity index (χ1n) is 12.1. The van der Waals surface area contributed by atoms with Crippen molar-refractivity contribution in [2.24, 2.45) is 0 Å². The van der Waals surface area contributed by atoms with Gasteiger partial charge in [-0.1, -0.05) is 23.8 Å². The van der Waals surface area contributed by atoms with Gasteiger partial charge < -0.3 is 15.8 Å². The molecule has 6 aromatic rings. The lowest BCUT2D eigenvalue weighted by Gasteiger charge is -2.12. The van der Waals surface area contributed by atoms with Crippen molar-refractivity contribution in [2.75, 3.05) is 5.73 Å². The summed E-state index contributed by atoms with van der Waals surface area (Å²) >= 11 is 0. The van der Waals surface area contributed by atoms with Crippen LogP contribution in [-0.4, -0.2) is 49.0 Å². The number of H-pyrrole nitrogens is 1. The van der Waals surface area contributed by atoms with Crippen LogP contribution in [0.5, 0.6) is 0 Å². The number of fused-ring (bicyclic) bond motifs is 2. The maximum Gasteiger partial charge on any atom is 0.335 e. The third-order valence-electron chi connectivity index (χ3n) is 6.68. The number of carbonyl (C=O) groups excluding carboxylic acids is 1. The predicted molar refractivity (Wildman–Crippen MR) is 148 cm³/mol. The lowest BCUT2D eigenvalue weighted by Crippen LogP contribution is -2.19. The molecule has 0 amide bonds. The summed E-state index contributed by atoms with van der Waals surface area (Å²) in [5.74, 6) is -1.17. The number of ketones is 1. The Kier molecular flexibility index (Phi) is 5.59. The molecule has 0 saturated heterocycles. The molecule has 0 aliphatic heterocycles. The Morgan fingerprint density at radius 1 is 0.975 bits per heavy atom. The number of carbonyl (C=O) groups is 2. The molecule has 0 saturated carbocycles. The van der Waals surface area contributed by atoms with E-state index in [1.807, 2.05) is 19.9 Å². The number of hydrogen-bond donors (Lipinski definition) is 3. The van der Waals surface area contributed by atoms with E-state index in [-0.39, 0.29) is 33.1 Å². The highest BCUT2D eigenvalue weighted by atomic mass is 32.2. The lowest BCUT2D eigenvalue weighted by atomic mass is 10.1. The molecule has 12 heteroatoms. The Balaban J connectivity index is 1.53. The van der Waals surface area contributed by atoms with Gasteiger partial charge in [0.05, 0.1) is 44.5 Å². The number of nitrogens with zero attached hydrogens (tertiary/aromatic N) is 4. The monoisotopic (exact) mass is 554 g/mol. The fourth-order valence-corrected chi connectivity index (χ4v) is 6.18. The van der Waals surface area contributed by atoms with E-state index in [9.17, 15) is 23.1 Å². The first-order valence-corrected chi connectivity index (χ1v) is 13.5. The van der Waals surface area contributed by atoms with Gasteiger partial charge in [0.2, 0.25) is 5.78 Å². The molecule has 40 heavy (non-hydrogen) atoms. The number of aromatic nitrogens is 5. The number of nitrogens with one attached hydrogen (secondary N) is 1. The van der Waals surface area contributed by atoms with E-state index in [2.05, 4.69) is 15.1 Å². The van der Waals surface area contributed by atoms with E-state index in [1.165, 1.54) is 47.3 Å². The molecule has 6 rings (SSSR count). The molecule has 0 aliphatic carbocycles. The number of aryl methyl sites for hydroxylation is 2. The van der Waals surface area contributed by atoms with Crippen molar-refractivity contribution >= 4 is 49.5 Å². The summed E-state index contributed by atoms with van der Waals surface area (Å²) in [5, 5.41) is 14.2. The highest BCUT2D eigenvalue weighted by Crippen LogP contribution is 2.30. The highest BCUT2D eigenvalue weighted by Gasteiger charge is 2.29. The van der Waals surface area contributed by atoms with Crippen molar-refractivity contribution in [2.45, 2.75) is 18.7 Å². The molecular weight excluding hydrogens is 532 g/mol. The summed E-state index contributed by atoms with van der Waals surface area (Å²) in [6.07, 6.45) is 1.28. The first-order chi connectivity index (χ1) is 19.0. The Morgan fingerprint density at radius 3 is 2.45 bits per heavy atom. The minimum Gasteiger partial charge on any atom is -0.478 e. The zero-order chi connectivity index (χ0) is 28.3. The number of nitrogens with two attached hydrogens (primary N) is 1. The van der Waals surface area contributed by atoms with Crippen LogP contribution in [0.3, 0.4) is 0 Å². The molecule has 0 radical (unpaired) electrons. The number of rotatable bonds is 6. The fraction of sp³-hybridized carbons (Fsp3) is 0.0714. The van der Waals surface area contributed by atoms with Crippen LogP contribution in [0.2, 0.25) is 0 Å². The third kappa shape index (κ3) is 3.93. The summed E-state index contributed by atoms with van der Waals surface area (Å²) in [6, 6.07) is 17.0. The molecule has 4 N–H and O–H groups in total. The minimum absolute atomic E-state index is 0.00683. The summed E-state index contributed by atoms with van der Waals surface area (Å²) in [6.45, 7) is 3.66. The van der Waals surface area contributed by atoms with Gasteiger partial charge in [-0.25, -0.2) is 26.9 Å². The number of aromatic amines is 1. The van der Waals surface area contributed by atoms with Gasteiger partial charge in [0.1, 0.15) is 17.3 Å². The first kappa shape index (κ1) is 25.1. The van der Waals surface area contributed by atoms with Gasteiger partial charge in [-0.05, 0) is 62.4 Å². The Morgan fingerprint density at radius 2 is 1.73 bits per heavy atom. The Labute approximate surface area is 227 Å². The minimum atomic E-state index is -4.32. The molecule has 3 aromatic heterocycles. The lowest BCUT2D eigenvalue weighted by molar-refractivity contribution is 0.0696. The fourth-order valence-electron chi connectivity index (χ4n) is 4.67. The van der Waals surface area contributed by atoms with Crippen LogP contribution in [-0.2, 0) is 10.0 Å². The van der Waals surface area contributed by atoms with Crippen molar-refractivity contribution in [1.82, 2.24) is 23.7 Å². The van der Waals surface area contributed by atoms with Gasteiger partial charge in [0.25, 0.3) is 10.0 Å². The second-order valence-electron chi connectivity index (χ2n) is 9.40. The van der Waals surface area contributed by atoms with Crippen LogP contribution in [0, 0.1) is 13.8 Å². The largest absolute Gasteiger partial charge is 0.478 e. The average Bonchev–Trinajstić information content (AvgIpc) is 3.61. The third-order valence-corrected chi connectivity index (χ3v) is 8.42. The van der Waals surface area contributed by atoms with Crippen molar-refractivity contribution in [3.05, 3.63) is 101 Å². The van der Waals surface area contributed by atoms with E-state index in [1.54, 1.807) is 24.3 Å². The summed E-state index contributed by atoms with van der Waals surface area (Å²) in [4.78, 5) is 33.1. The van der Waals surface area contributed by atoms with Gasteiger partial charge in [-0.2, -0.15) is 5.10 Å². The van der Waals surface area contributed by atoms with Crippen molar-refractivity contribution < 1.29 is 23.1 Å². The van der Waals surface area contributed by atoms with Crippen LogP contribution in [0.15, 0.2) is 77.8 Å². The van der Waals surface area contributed by atoms with Crippen LogP contribution in [0.4, 0.5) is 5.82 Å². The van der Waals surface area contributed by atoms with Crippen LogP contribution in [0.25, 0.3) is 27.6 Å². The molecule has 3 aromatic carbocycles. The Bertz CT molecular complexity index is 2100. The van der Waals surface area contributed by atoms with E-state index in [0.717, 1.165) is 20.9 Å². The second-order valence-corrected chi connectivity index (χ2v) is 11.2. The summed E-state index contributed by atoms with van der Waals surface area (Å²) < 4.78 is 30.0. The zero-order valence-electron chi connectivity index (χ0n) is 21.3. The zero-order valence-corrected chi connectivity index (χ0v) is 22.1. The second kappa shape index (κ2) is 8.92. The maximum atomic E-state index is 13.9.